The molecule has 96 valence electrons. The predicted molar refractivity (Wildman–Crippen MR) is 70.7 cm³/mol. The summed E-state index contributed by atoms with van der Waals surface area (Å²) >= 11 is 0. The summed E-state index contributed by atoms with van der Waals surface area (Å²) in [5.41, 5.74) is 2.07. The van der Waals surface area contributed by atoms with E-state index in [2.05, 4.69) is 4.90 Å². The van der Waals surface area contributed by atoms with Crippen LogP contribution in [0.2, 0.25) is 0 Å². The summed E-state index contributed by atoms with van der Waals surface area (Å²) in [7, 11) is 1.83. The molecule has 1 heterocycles. The smallest absolute Gasteiger partial charge is 0.241 e. The van der Waals surface area contributed by atoms with Crippen LogP contribution in [0, 0.1) is 0 Å². The molecule has 1 aromatic rings. The maximum Gasteiger partial charge on any atom is 0.241 e. The molecule has 0 bridgehead atoms. The van der Waals surface area contributed by atoms with Gasteiger partial charge in [-0.3, -0.25) is 9.59 Å². The van der Waals surface area contributed by atoms with Crippen LogP contribution >= 0.6 is 0 Å². The number of Topliss-reactive ketones (excluding diaryl/α,β-unsaturated/α-hetero) is 1. The summed E-state index contributed by atoms with van der Waals surface area (Å²) in [5, 5.41) is 0. The SMILES string of the molecule is CC(=O)Cc1ccc(N2CCN(C)C(=O)C2)cc1. The van der Waals surface area contributed by atoms with Crippen molar-refractivity contribution >= 4 is 17.4 Å². The van der Waals surface area contributed by atoms with Gasteiger partial charge in [-0.25, -0.2) is 0 Å². The average Bonchev–Trinajstić information content (AvgIpc) is 2.33. The molecule has 1 amide bonds. The Morgan fingerprint density at radius 1 is 1.22 bits per heavy atom. The molecule has 0 aliphatic carbocycles. The standard InChI is InChI=1S/C14H18N2O2/c1-11(17)9-12-3-5-13(6-4-12)16-8-7-15(2)14(18)10-16/h3-6H,7-10H2,1-2H3. The highest BCUT2D eigenvalue weighted by Gasteiger charge is 2.20. The number of anilines is 1. The predicted octanol–water partition coefficient (Wildman–Crippen LogP) is 1.10. The van der Waals surface area contributed by atoms with Gasteiger partial charge in [0.1, 0.15) is 5.78 Å². The molecule has 0 atom stereocenters. The Labute approximate surface area is 107 Å². The number of ketones is 1. The quantitative estimate of drug-likeness (QED) is 0.802. The number of rotatable bonds is 3. The summed E-state index contributed by atoms with van der Waals surface area (Å²) in [6.45, 7) is 3.64. The molecule has 18 heavy (non-hydrogen) atoms. The maximum absolute atomic E-state index is 11.6. The molecular formula is C14H18N2O2. The van der Waals surface area contributed by atoms with Gasteiger partial charge in [0.25, 0.3) is 0 Å². The highest BCUT2D eigenvalue weighted by Crippen LogP contribution is 2.17. The van der Waals surface area contributed by atoms with Crippen molar-refractivity contribution in [2.24, 2.45) is 0 Å². The number of carbonyl (C=O) groups excluding carboxylic acids is 2. The van der Waals surface area contributed by atoms with E-state index >= 15 is 0 Å². The van der Waals surface area contributed by atoms with Crippen LogP contribution in [0.1, 0.15) is 12.5 Å². The topological polar surface area (TPSA) is 40.6 Å². The monoisotopic (exact) mass is 246 g/mol. The fraction of sp³-hybridized carbons (Fsp3) is 0.429. The van der Waals surface area contributed by atoms with Crippen molar-refractivity contribution < 1.29 is 9.59 Å². The van der Waals surface area contributed by atoms with Gasteiger partial charge in [-0.2, -0.15) is 0 Å². The number of piperazine rings is 1. The van der Waals surface area contributed by atoms with E-state index in [0.29, 0.717) is 13.0 Å². The normalized spacial score (nSPS) is 16.0. The van der Waals surface area contributed by atoms with E-state index in [1.807, 2.05) is 31.3 Å². The third kappa shape index (κ3) is 2.88. The van der Waals surface area contributed by atoms with Crippen molar-refractivity contribution in [3.63, 3.8) is 0 Å². The molecule has 1 saturated heterocycles. The second-order valence-corrected chi connectivity index (χ2v) is 4.78. The highest BCUT2D eigenvalue weighted by molar-refractivity contribution is 5.82. The summed E-state index contributed by atoms with van der Waals surface area (Å²) in [6.07, 6.45) is 0.474. The zero-order chi connectivity index (χ0) is 13.1. The summed E-state index contributed by atoms with van der Waals surface area (Å²) in [5.74, 6) is 0.312. The van der Waals surface area contributed by atoms with Crippen LogP contribution in [0.4, 0.5) is 5.69 Å². The minimum absolute atomic E-state index is 0.147. The van der Waals surface area contributed by atoms with Crippen molar-refractivity contribution in [2.45, 2.75) is 13.3 Å². The number of nitrogens with zero attached hydrogens (tertiary/aromatic N) is 2. The van der Waals surface area contributed by atoms with Gasteiger partial charge in [0.2, 0.25) is 5.91 Å². The van der Waals surface area contributed by atoms with Crippen molar-refractivity contribution in [3.05, 3.63) is 29.8 Å². The van der Waals surface area contributed by atoms with Gasteiger partial charge < -0.3 is 9.80 Å². The Balaban J connectivity index is 2.05. The molecule has 0 radical (unpaired) electrons. The molecule has 0 unspecified atom stereocenters. The summed E-state index contributed by atoms with van der Waals surface area (Å²) < 4.78 is 0. The fourth-order valence-corrected chi connectivity index (χ4v) is 2.09. The lowest BCUT2D eigenvalue weighted by molar-refractivity contribution is -0.129. The number of carbonyl (C=O) groups is 2. The van der Waals surface area contributed by atoms with Gasteiger partial charge >= 0.3 is 0 Å². The Bertz CT molecular complexity index is 453. The number of amides is 1. The van der Waals surface area contributed by atoms with Crippen LogP contribution < -0.4 is 4.90 Å². The molecule has 0 N–H and O–H groups in total. The highest BCUT2D eigenvalue weighted by atomic mass is 16.2. The molecule has 2 rings (SSSR count). The van der Waals surface area contributed by atoms with Crippen molar-refractivity contribution in [3.8, 4) is 0 Å². The van der Waals surface area contributed by atoms with E-state index in [1.165, 1.54) is 0 Å². The lowest BCUT2D eigenvalue weighted by Gasteiger charge is -2.33. The van der Waals surface area contributed by atoms with Crippen molar-refractivity contribution in [1.29, 1.82) is 0 Å². The zero-order valence-electron chi connectivity index (χ0n) is 10.8. The fourth-order valence-electron chi connectivity index (χ4n) is 2.09. The van der Waals surface area contributed by atoms with Gasteiger partial charge in [-0.1, -0.05) is 12.1 Å². The molecule has 4 heteroatoms. The molecule has 1 aliphatic heterocycles. The van der Waals surface area contributed by atoms with Crippen LogP contribution in [0.3, 0.4) is 0 Å². The Morgan fingerprint density at radius 2 is 1.89 bits per heavy atom. The molecule has 1 aliphatic rings. The molecule has 0 saturated carbocycles. The molecule has 4 nitrogen and oxygen atoms in total. The first-order valence-electron chi connectivity index (χ1n) is 6.13. The van der Waals surface area contributed by atoms with E-state index in [0.717, 1.165) is 24.3 Å². The van der Waals surface area contributed by atoms with Gasteiger partial charge in [0.15, 0.2) is 0 Å². The molecule has 1 fully saturated rings. The van der Waals surface area contributed by atoms with Gasteiger partial charge in [0, 0.05) is 32.2 Å². The first kappa shape index (κ1) is 12.6. The van der Waals surface area contributed by atoms with E-state index in [9.17, 15) is 9.59 Å². The Kier molecular flexibility index (Phi) is 3.65. The third-order valence-electron chi connectivity index (χ3n) is 3.21. The number of hydrogen-bond donors (Lipinski definition) is 0. The van der Waals surface area contributed by atoms with Crippen LogP contribution in [-0.2, 0) is 16.0 Å². The number of hydrogen-bond acceptors (Lipinski definition) is 3. The Hall–Kier alpha value is -1.84. The minimum atomic E-state index is 0.147. The van der Waals surface area contributed by atoms with E-state index in [1.54, 1.807) is 11.8 Å². The van der Waals surface area contributed by atoms with E-state index in [4.69, 9.17) is 0 Å². The van der Waals surface area contributed by atoms with Crippen LogP contribution in [-0.4, -0.2) is 43.3 Å². The molecule has 0 spiro atoms. The lowest BCUT2D eigenvalue weighted by Crippen LogP contribution is -2.48. The van der Waals surface area contributed by atoms with Crippen molar-refractivity contribution in [1.82, 2.24) is 4.90 Å². The third-order valence-corrected chi connectivity index (χ3v) is 3.21. The Morgan fingerprint density at radius 3 is 2.44 bits per heavy atom. The van der Waals surface area contributed by atoms with Crippen molar-refractivity contribution in [2.75, 3.05) is 31.6 Å². The summed E-state index contributed by atoms with van der Waals surface area (Å²) in [4.78, 5) is 26.5. The van der Waals surface area contributed by atoms with Gasteiger partial charge in [0.05, 0.1) is 6.54 Å². The van der Waals surface area contributed by atoms with Crippen LogP contribution in [0.25, 0.3) is 0 Å². The first-order valence-corrected chi connectivity index (χ1v) is 6.13. The number of likely N-dealkylation sites (N-methyl/N-ethyl adjacent to an activating group) is 1. The summed E-state index contributed by atoms with van der Waals surface area (Å²) in [6, 6.07) is 7.88. The molecule has 1 aromatic carbocycles. The minimum Gasteiger partial charge on any atom is -0.360 e. The molecular weight excluding hydrogens is 228 g/mol. The van der Waals surface area contributed by atoms with Gasteiger partial charge in [-0.15, -0.1) is 0 Å². The van der Waals surface area contributed by atoms with E-state index in [-0.39, 0.29) is 11.7 Å². The number of benzene rings is 1. The first-order chi connectivity index (χ1) is 8.56. The maximum atomic E-state index is 11.6. The lowest BCUT2D eigenvalue weighted by atomic mass is 10.1. The second kappa shape index (κ2) is 5.21. The second-order valence-electron chi connectivity index (χ2n) is 4.78. The van der Waals surface area contributed by atoms with Gasteiger partial charge in [-0.05, 0) is 24.6 Å². The molecule has 0 aromatic heterocycles. The largest absolute Gasteiger partial charge is 0.360 e. The average molecular weight is 246 g/mol. The van der Waals surface area contributed by atoms with Crippen LogP contribution in [0.15, 0.2) is 24.3 Å². The zero-order valence-corrected chi connectivity index (χ0v) is 10.8. The van der Waals surface area contributed by atoms with Crippen LogP contribution in [0.5, 0.6) is 0 Å². The van der Waals surface area contributed by atoms with E-state index < -0.39 is 0 Å².